The van der Waals surface area contributed by atoms with Crippen molar-refractivity contribution in [2.24, 2.45) is 0 Å². The number of hydrogen-bond donors (Lipinski definition) is 1. The van der Waals surface area contributed by atoms with Gasteiger partial charge in [-0.3, -0.25) is 9.59 Å². The van der Waals surface area contributed by atoms with Crippen LogP contribution < -0.4 is 0 Å². The molecule has 0 heterocycles. The second-order valence-corrected chi connectivity index (χ2v) is 16.0. The molecule has 2 atom stereocenters. The van der Waals surface area contributed by atoms with Crippen LogP contribution in [0.4, 0.5) is 0 Å². The Labute approximate surface area is 366 Å². The first kappa shape index (κ1) is 56.0. The first-order chi connectivity index (χ1) is 29.1. The van der Waals surface area contributed by atoms with Gasteiger partial charge in [0.05, 0.1) is 34.4 Å². The Hall–Kier alpha value is -4.01. The lowest BCUT2D eigenvalue weighted by molar-refractivity contribution is -0.887. The predicted molar refractivity (Wildman–Crippen MR) is 252 cm³/mol. The Morgan fingerprint density at radius 2 is 1.00 bits per heavy atom. The number of carbonyl (C=O) groups is 3. The lowest BCUT2D eigenvalue weighted by Crippen LogP contribution is -2.50. The number of likely N-dealkylation sites (N-methyl/N-ethyl adjacent to an activating group) is 1. The maximum Gasteiger partial charge on any atom is 0.362 e. The Morgan fingerprint density at radius 3 is 1.57 bits per heavy atom. The van der Waals surface area contributed by atoms with E-state index in [4.69, 9.17) is 14.2 Å². The van der Waals surface area contributed by atoms with Crippen molar-refractivity contribution in [1.82, 2.24) is 0 Å². The van der Waals surface area contributed by atoms with Gasteiger partial charge in [-0.2, -0.15) is 0 Å². The van der Waals surface area contributed by atoms with Crippen molar-refractivity contribution in [2.45, 2.75) is 161 Å². The zero-order chi connectivity index (χ0) is 44.2. The molecule has 0 fully saturated rings. The van der Waals surface area contributed by atoms with Gasteiger partial charge in [0.15, 0.2) is 12.1 Å². The van der Waals surface area contributed by atoms with E-state index in [0.29, 0.717) is 12.8 Å². The molecule has 338 valence electrons. The van der Waals surface area contributed by atoms with Crippen molar-refractivity contribution in [3.8, 4) is 0 Å². The summed E-state index contributed by atoms with van der Waals surface area (Å²) in [6.45, 7) is 4.47. The second-order valence-electron chi connectivity index (χ2n) is 16.0. The molecule has 60 heavy (non-hydrogen) atoms. The van der Waals surface area contributed by atoms with E-state index in [2.05, 4.69) is 92.8 Å². The number of ether oxygens (including phenoxy) is 3. The van der Waals surface area contributed by atoms with Gasteiger partial charge < -0.3 is 23.8 Å². The first-order valence-corrected chi connectivity index (χ1v) is 23.0. The maximum atomic E-state index is 12.7. The highest BCUT2D eigenvalue weighted by Crippen LogP contribution is 2.12. The minimum atomic E-state index is -0.891. The molecule has 0 bridgehead atoms. The lowest BCUT2D eigenvalue weighted by atomic mass is 10.1. The first-order valence-electron chi connectivity index (χ1n) is 23.0. The number of esters is 2. The minimum Gasteiger partial charge on any atom is -0.477 e. The fourth-order valence-electron chi connectivity index (χ4n) is 5.94. The molecule has 0 radical (unpaired) electrons. The average molecular weight is 835 g/mol. The molecule has 2 unspecified atom stereocenters. The SMILES string of the molecule is CC/C=C/C=C/C=C/C=C/CCCCCCCC(=O)OC(COCCC(C(=O)O)[N+](C)(C)C)COC(=O)CCCC/C=C/C/C=C/C/C=C/C/C=C/C/C=C/CCCCC. The summed E-state index contributed by atoms with van der Waals surface area (Å²) in [4.78, 5) is 37.0. The summed E-state index contributed by atoms with van der Waals surface area (Å²) in [5.74, 6) is -1.57. The minimum absolute atomic E-state index is 0.0294. The Bertz CT molecular complexity index is 1340. The molecule has 0 aliphatic heterocycles. The summed E-state index contributed by atoms with van der Waals surface area (Å²) in [6, 6.07) is -0.633. The normalized spacial score (nSPS) is 13.9. The topological polar surface area (TPSA) is 99.1 Å². The third-order valence-corrected chi connectivity index (χ3v) is 9.50. The van der Waals surface area contributed by atoms with Gasteiger partial charge in [0.25, 0.3) is 0 Å². The molecule has 0 aromatic heterocycles. The Kier molecular flexibility index (Phi) is 38.9. The molecule has 8 nitrogen and oxygen atoms in total. The zero-order valence-corrected chi connectivity index (χ0v) is 38.4. The van der Waals surface area contributed by atoms with Gasteiger partial charge in [0.2, 0.25) is 0 Å². The van der Waals surface area contributed by atoms with E-state index in [9.17, 15) is 19.5 Å². The van der Waals surface area contributed by atoms with Crippen LogP contribution in [0.2, 0.25) is 0 Å². The number of hydrogen-bond acceptors (Lipinski definition) is 6. The Morgan fingerprint density at radius 1 is 0.533 bits per heavy atom. The van der Waals surface area contributed by atoms with E-state index < -0.39 is 18.1 Å². The molecule has 0 aliphatic rings. The number of unbranched alkanes of at least 4 members (excludes halogenated alkanes) is 10. The van der Waals surface area contributed by atoms with Gasteiger partial charge in [-0.25, -0.2) is 4.79 Å². The third kappa shape index (κ3) is 39.5. The largest absolute Gasteiger partial charge is 0.477 e. The van der Waals surface area contributed by atoms with Crippen LogP contribution in [0.15, 0.2) is 109 Å². The van der Waals surface area contributed by atoms with Crippen LogP contribution in [0.1, 0.15) is 149 Å². The second kappa shape index (κ2) is 41.7. The van der Waals surface area contributed by atoms with Gasteiger partial charge in [-0.05, 0) is 83.5 Å². The van der Waals surface area contributed by atoms with Crippen molar-refractivity contribution in [2.75, 3.05) is 41.0 Å². The molecule has 1 N–H and O–H groups in total. The van der Waals surface area contributed by atoms with E-state index in [1.54, 1.807) is 0 Å². The highest BCUT2D eigenvalue weighted by atomic mass is 16.6. The molecule has 8 heteroatoms. The van der Waals surface area contributed by atoms with Crippen LogP contribution in [0, 0.1) is 0 Å². The number of rotatable bonds is 39. The van der Waals surface area contributed by atoms with Gasteiger partial charge in [-0.15, -0.1) is 0 Å². The van der Waals surface area contributed by atoms with Crippen molar-refractivity contribution in [1.29, 1.82) is 0 Å². The third-order valence-electron chi connectivity index (χ3n) is 9.50. The molecule has 0 aromatic carbocycles. The van der Waals surface area contributed by atoms with Crippen molar-refractivity contribution >= 4 is 17.9 Å². The molecule has 0 amide bonds. The molecule has 0 saturated carbocycles. The van der Waals surface area contributed by atoms with Crippen LogP contribution in [-0.4, -0.2) is 80.6 Å². The van der Waals surface area contributed by atoms with Gasteiger partial charge in [0, 0.05) is 19.3 Å². The van der Waals surface area contributed by atoms with Gasteiger partial charge in [0.1, 0.15) is 6.61 Å². The summed E-state index contributed by atoms with van der Waals surface area (Å²) in [5.41, 5.74) is 0. The van der Waals surface area contributed by atoms with Crippen LogP contribution in [0.5, 0.6) is 0 Å². The van der Waals surface area contributed by atoms with E-state index in [1.165, 1.54) is 25.7 Å². The monoisotopic (exact) mass is 835 g/mol. The number of carbonyl (C=O) groups excluding carboxylic acids is 2. The number of nitrogens with zero attached hydrogens (tertiary/aromatic N) is 1. The zero-order valence-electron chi connectivity index (χ0n) is 38.4. The lowest BCUT2D eigenvalue weighted by Gasteiger charge is -2.31. The van der Waals surface area contributed by atoms with Gasteiger partial charge >= 0.3 is 17.9 Å². The van der Waals surface area contributed by atoms with E-state index in [0.717, 1.165) is 83.5 Å². The smallest absolute Gasteiger partial charge is 0.362 e. The van der Waals surface area contributed by atoms with Crippen molar-refractivity contribution < 1.29 is 38.2 Å². The quantitative estimate of drug-likeness (QED) is 0.0216. The summed E-state index contributed by atoms with van der Waals surface area (Å²) in [6.07, 6.45) is 57.0. The van der Waals surface area contributed by atoms with Crippen LogP contribution in [-0.2, 0) is 28.6 Å². The molecule has 0 aliphatic carbocycles. The van der Waals surface area contributed by atoms with Crippen molar-refractivity contribution in [3.05, 3.63) is 109 Å². The van der Waals surface area contributed by atoms with Crippen LogP contribution in [0.25, 0.3) is 0 Å². The van der Waals surface area contributed by atoms with Crippen LogP contribution in [0.3, 0.4) is 0 Å². The fourth-order valence-corrected chi connectivity index (χ4v) is 5.94. The highest BCUT2D eigenvalue weighted by Gasteiger charge is 2.31. The van der Waals surface area contributed by atoms with E-state index >= 15 is 0 Å². The number of carboxylic acid groups (broad SMARTS) is 1. The van der Waals surface area contributed by atoms with E-state index in [1.807, 2.05) is 51.5 Å². The summed E-state index contributed by atoms with van der Waals surface area (Å²) < 4.78 is 17.2. The molecule has 0 rings (SSSR count). The number of aliphatic carboxylic acids is 1. The molecule has 0 saturated heterocycles. The van der Waals surface area contributed by atoms with Crippen LogP contribution >= 0.6 is 0 Å². The number of carboxylic acids is 1. The standard InChI is InChI=1S/C52H83NO7/c1-6-8-10-12-14-16-18-20-22-23-24-25-26-27-29-30-32-34-36-38-40-42-50(54)59-47-48(46-58-45-44-49(52(56)57)53(3,4)5)60-51(55)43-41-39-37-35-33-31-28-21-19-17-15-13-11-9-7-2/h9,11,13-17,19-22,24-25,27-29,32,34,48-49H,6-8,10,12,18,23,26,30-31,33,35-47H2,1-5H3/p+1/b11-9+,15-13+,16-14+,19-17+,22-20+,25-24+,28-21+,29-27+,34-32+. The molecular formula is C52H84NO7+. The summed E-state index contributed by atoms with van der Waals surface area (Å²) >= 11 is 0. The molecular weight excluding hydrogens is 751 g/mol. The van der Waals surface area contributed by atoms with E-state index in [-0.39, 0.29) is 49.1 Å². The highest BCUT2D eigenvalue weighted by molar-refractivity contribution is 5.72. The van der Waals surface area contributed by atoms with Crippen molar-refractivity contribution in [3.63, 3.8) is 0 Å². The summed E-state index contributed by atoms with van der Waals surface area (Å²) in [5, 5.41) is 9.63. The maximum absolute atomic E-state index is 12.7. The number of allylic oxidation sites excluding steroid dienone is 18. The number of quaternary nitrogens is 1. The average Bonchev–Trinajstić information content (AvgIpc) is 3.21. The predicted octanol–water partition coefficient (Wildman–Crippen LogP) is 12.9. The molecule has 0 spiro atoms. The van der Waals surface area contributed by atoms with Gasteiger partial charge in [-0.1, -0.05) is 155 Å². The Balaban J connectivity index is 4.46. The fraction of sp³-hybridized carbons (Fsp3) is 0.596. The summed E-state index contributed by atoms with van der Waals surface area (Å²) in [7, 11) is 5.49. The molecule has 0 aromatic rings.